The average Bonchev–Trinajstić information content (AvgIpc) is 3.07. The Kier molecular flexibility index (Phi) is 5.06. The van der Waals surface area contributed by atoms with Crippen molar-refractivity contribution < 1.29 is 14.3 Å². The van der Waals surface area contributed by atoms with Crippen molar-refractivity contribution in [1.29, 1.82) is 0 Å². The number of carbonyl (C=O) groups is 2. The Labute approximate surface area is 149 Å². The summed E-state index contributed by atoms with van der Waals surface area (Å²) >= 11 is 7.16. The summed E-state index contributed by atoms with van der Waals surface area (Å²) in [5.74, 6) is 0.462. The first-order valence-corrected chi connectivity index (χ1v) is 8.76. The summed E-state index contributed by atoms with van der Waals surface area (Å²) in [6.07, 6.45) is 0. The third-order valence-corrected chi connectivity index (χ3v) is 5.19. The van der Waals surface area contributed by atoms with Crippen molar-refractivity contribution >= 4 is 34.8 Å². The van der Waals surface area contributed by atoms with Crippen molar-refractivity contribution in [2.75, 3.05) is 33.3 Å². The lowest BCUT2D eigenvalue weighted by molar-refractivity contribution is 0.0536. The molecule has 1 fully saturated rings. The van der Waals surface area contributed by atoms with Gasteiger partial charge in [0.05, 0.1) is 21.9 Å². The minimum atomic E-state index is -0.0706. The lowest BCUT2D eigenvalue weighted by Gasteiger charge is -2.34. The van der Waals surface area contributed by atoms with Gasteiger partial charge in [0.1, 0.15) is 5.75 Å². The van der Waals surface area contributed by atoms with Crippen LogP contribution in [0.4, 0.5) is 0 Å². The lowest BCUT2D eigenvalue weighted by atomic mass is 10.1. The highest BCUT2D eigenvalue weighted by Crippen LogP contribution is 2.24. The molecule has 0 N–H and O–H groups in total. The molecule has 2 amide bonds. The van der Waals surface area contributed by atoms with E-state index in [0.29, 0.717) is 46.7 Å². The molecule has 0 bridgehead atoms. The van der Waals surface area contributed by atoms with E-state index in [4.69, 9.17) is 16.3 Å². The highest BCUT2D eigenvalue weighted by atomic mass is 35.5. The van der Waals surface area contributed by atoms with E-state index in [1.807, 2.05) is 12.1 Å². The normalized spacial score (nSPS) is 14.6. The minimum Gasteiger partial charge on any atom is -0.496 e. The van der Waals surface area contributed by atoms with E-state index in [1.165, 1.54) is 11.3 Å². The molecule has 1 aromatic heterocycles. The Morgan fingerprint density at radius 1 is 1.00 bits per heavy atom. The van der Waals surface area contributed by atoms with Crippen LogP contribution in [0.1, 0.15) is 20.0 Å². The van der Waals surface area contributed by atoms with E-state index in [-0.39, 0.29) is 11.8 Å². The number of benzene rings is 1. The quantitative estimate of drug-likeness (QED) is 0.841. The fourth-order valence-corrected chi connectivity index (χ4v) is 3.70. The maximum Gasteiger partial charge on any atom is 0.264 e. The average molecular weight is 365 g/mol. The molecule has 1 saturated heterocycles. The van der Waals surface area contributed by atoms with Gasteiger partial charge in [-0.1, -0.05) is 23.7 Å². The zero-order valence-electron chi connectivity index (χ0n) is 13.2. The van der Waals surface area contributed by atoms with Gasteiger partial charge in [0.2, 0.25) is 0 Å². The van der Waals surface area contributed by atoms with Crippen LogP contribution in [-0.2, 0) is 0 Å². The fourth-order valence-electron chi connectivity index (χ4n) is 2.69. The number of amides is 2. The molecule has 5 nitrogen and oxygen atoms in total. The van der Waals surface area contributed by atoms with E-state index in [9.17, 15) is 9.59 Å². The summed E-state index contributed by atoms with van der Waals surface area (Å²) < 4.78 is 5.85. The van der Waals surface area contributed by atoms with Crippen molar-refractivity contribution in [3.8, 4) is 5.75 Å². The molecular formula is C17H17ClN2O3S. The number of piperazine rings is 1. The SMILES string of the molecule is COc1ccccc1C(=O)N1CCN(C(=O)c2ccc(Cl)s2)CC1. The first-order chi connectivity index (χ1) is 11.6. The number of hydrogen-bond acceptors (Lipinski definition) is 4. The molecule has 126 valence electrons. The van der Waals surface area contributed by atoms with Crippen molar-refractivity contribution in [2.24, 2.45) is 0 Å². The van der Waals surface area contributed by atoms with E-state index in [2.05, 4.69) is 0 Å². The number of halogens is 1. The van der Waals surface area contributed by atoms with Gasteiger partial charge in [0.15, 0.2) is 0 Å². The molecule has 1 aromatic carbocycles. The number of ether oxygens (including phenoxy) is 1. The first kappa shape index (κ1) is 16.8. The molecule has 0 radical (unpaired) electrons. The lowest BCUT2D eigenvalue weighted by Crippen LogP contribution is -2.50. The largest absolute Gasteiger partial charge is 0.496 e. The molecule has 3 rings (SSSR count). The molecule has 24 heavy (non-hydrogen) atoms. The number of methoxy groups -OCH3 is 1. The molecule has 0 atom stereocenters. The van der Waals surface area contributed by atoms with E-state index in [0.717, 1.165) is 0 Å². The van der Waals surface area contributed by atoms with Gasteiger partial charge in [-0.05, 0) is 24.3 Å². The van der Waals surface area contributed by atoms with E-state index >= 15 is 0 Å². The van der Waals surface area contributed by atoms with Gasteiger partial charge in [-0.2, -0.15) is 0 Å². The monoisotopic (exact) mass is 364 g/mol. The number of rotatable bonds is 3. The summed E-state index contributed by atoms with van der Waals surface area (Å²) in [6, 6.07) is 10.6. The Balaban J connectivity index is 1.64. The van der Waals surface area contributed by atoms with Gasteiger partial charge in [0.25, 0.3) is 11.8 Å². The topological polar surface area (TPSA) is 49.9 Å². The molecule has 2 heterocycles. The van der Waals surface area contributed by atoms with Crippen LogP contribution in [0.3, 0.4) is 0 Å². The summed E-state index contributed by atoms with van der Waals surface area (Å²) in [7, 11) is 1.55. The van der Waals surface area contributed by atoms with Crippen molar-refractivity contribution in [3.63, 3.8) is 0 Å². The number of hydrogen-bond donors (Lipinski definition) is 0. The molecule has 0 saturated carbocycles. The standard InChI is InChI=1S/C17H17ClN2O3S/c1-23-13-5-3-2-4-12(13)16(21)19-8-10-20(11-9-19)17(22)14-6-7-15(18)24-14/h2-7H,8-11H2,1H3. The van der Waals surface area contributed by atoms with Gasteiger partial charge < -0.3 is 14.5 Å². The highest BCUT2D eigenvalue weighted by Gasteiger charge is 2.27. The van der Waals surface area contributed by atoms with Crippen LogP contribution in [0.2, 0.25) is 4.34 Å². The van der Waals surface area contributed by atoms with Crippen LogP contribution in [0, 0.1) is 0 Å². The Bertz CT molecular complexity index is 754. The zero-order chi connectivity index (χ0) is 17.1. The van der Waals surface area contributed by atoms with Crippen LogP contribution >= 0.6 is 22.9 Å². The Hall–Kier alpha value is -2.05. The summed E-state index contributed by atoms with van der Waals surface area (Å²) in [5, 5.41) is 0. The molecule has 0 unspecified atom stereocenters. The van der Waals surface area contributed by atoms with Gasteiger partial charge in [-0.3, -0.25) is 9.59 Å². The second-order valence-corrected chi connectivity index (χ2v) is 7.10. The maximum absolute atomic E-state index is 12.7. The van der Waals surface area contributed by atoms with E-state index < -0.39 is 0 Å². The Morgan fingerprint density at radius 3 is 2.21 bits per heavy atom. The van der Waals surface area contributed by atoms with E-state index in [1.54, 1.807) is 41.2 Å². The maximum atomic E-state index is 12.7. The van der Waals surface area contributed by atoms with Gasteiger partial charge >= 0.3 is 0 Å². The summed E-state index contributed by atoms with van der Waals surface area (Å²) in [5.41, 5.74) is 0.546. The van der Waals surface area contributed by atoms with Crippen LogP contribution in [-0.4, -0.2) is 54.9 Å². The van der Waals surface area contributed by atoms with Crippen LogP contribution in [0.15, 0.2) is 36.4 Å². The second-order valence-electron chi connectivity index (χ2n) is 5.39. The van der Waals surface area contributed by atoms with Gasteiger partial charge in [0, 0.05) is 26.2 Å². The number of carbonyl (C=O) groups excluding carboxylic acids is 2. The molecular weight excluding hydrogens is 348 g/mol. The first-order valence-electron chi connectivity index (χ1n) is 7.57. The smallest absolute Gasteiger partial charge is 0.264 e. The third kappa shape index (κ3) is 3.39. The number of para-hydroxylation sites is 1. The Morgan fingerprint density at radius 2 is 1.62 bits per heavy atom. The fraction of sp³-hybridized carbons (Fsp3) is 0.294. The van der Waals surface area contributed by atoms with Crippen molar-refractivity contribution in [2.45, 2.75) is 0 Å². The zero-order valence-corrected chi connectivity index (χ0v) is 14.8. The van der Waals surface area contributed by atoms with Gasteiger partial charge in [-0.15, -0.1) is 11.3 Å². The second kappa shape index (κ2) is 7.23. The van der Waals surface area contributed by atoms with Crippen LogP contribution < -0.4 is 4.74 Å². The molecule has 1 aliphatic rings. The van der Waals surface area contributed by atoms with Crippen molar-refractivity contribution in [1.82, 2.24) is 9.80 Å². The molecule has 7 heteroatoms. The van der Waals surface area contributed by atoms with Crippen LogP contribution in [0.5, 0.6) is 5.75 Å². The molecule has 0 spiro atoms. The molecule has 0 aliphatic carbocycles. The number of thiophene rings is 1. The molecule has 1 aliphatic heterocycles. The van der Waals surface area contributed by atoms with Crippen LogP contribution in [0.25, 0.3) is 0 Å². The molecule has 2 aromatic rings. The number of nitrogens with zero attached hydrogens (tertiary/aromatic N) is 2. The minimum absolute atomic E-state index is 0.0312. The predicted molar refractivity (Wildman–Crippen MR) is 94.1 cm³/mol. The third-order valence-electron chi connectivity index (χ3n) is 3.98. The predicted octanol–water partition coefficient (Wildman–Crippen LogP) is 3.01. The summed E-state index contributed by atoms with van der Waals surface area (Å²) in [4.78, 5) is 29.2. The van der Waals surface area contributed by atoms with Crippen molar-refractivity contribution in [3.05, 3.63) is 51.2 Å². The summed E-state index contributed by atoms with van der Waals surface area (Å²) in [6.45, 7) is 2.02. The highest BCUT2D eigenvalue weighted by molar-refractivity contribution is 7.17. The van der Waals surface area contributed by atoms with Gasteiger partial charge in [-0.25, -0.2) is 0 Å².